The summed E-state index contributed by atoms with van der Waals surface area (Å²) in [4.78, 5) is 25.8. The number of rotatable bonds is 4. The Morgan fingerprint density at radius 1 is 0.833 bits per heavy atom. The molecule has 4 aliphatic rings. The summed E-state index contributed by atoms with van der Waals surface area (Å²) in [5, 5.41) is 6.14. The number of anilines is 2. The van der Waals surface area contributed by atoms with Crippen LogP contribution in [-0.4, -0.2) is 11.8 Å². The molecule has 30 heavy (non-hydrogen) atoms. The van der Waals surface area contributed by atoms with E-state index in [0.717, 1.165) is 54.0 Å². The first-order valence-corrected chi connectivity index (χ1v) is 11.2. The van der Waals surface area contributed by atoms with E-state index in [9.17, 15) is 9.59 Å². The van der Waals surface area contributed by atoms with Crippen LogP contribution in [-0.2, 0) is 4.79 Å². The summed E-state index contributed by atoms with van der Waals surface area (Å²) >= 11 is 0. The van der Waals surface area contributed by atoms with Crippen molar-refractivity contribution in [2.45, 2.75) is 52.4 Å². The molecule has 0 heterocycles. The minimum Gasteiger partial charge on any atom is -0.326 e. The van der Waals surface area contributed by atoms with E-state index in [2.05, 4.69) is 16.7 Å². The molecule has 0 unspecified atom stereocenters. The molecule has 0 atom stereocenters. The topological polar surface area (TPSA) is 58.2 Å². The summed E-state index contributed by atoms with van der Waals surface area (Å²) in [6, 6.07) is 13.2. The third-order valence-corrected chi connectivity index (χ3v) is 7.55. The molecule has 6 rings (SSSR count). The summed E-state index contributed by atoms with van der Waals surface area (Å²) in [5.41, 5.74) is 4.24. The van der Waals surface area contributed by atoms with Crippen molar-refractivity contribution < 1.29 is 9.59 Å². The smallest absolute Gasteiger partial charge is 0.255 e. The number of amides is 2. The zero-order valence-corrected chi connectivity index (χ0v) is 17.8. The first-order valence-electron chi connectivity index (χ1n) is 11.2. The predicted molar refractivity (Wildman–Crippen MR) is 120 cm³/mol. The molecule has 0 aromatic heterocycles. The van der Waals surface area contributed by atoms with Gasteiger partial charge in [0, 0.05) is 16.9 Å². The number of hydrogen-bond acceptors (Lipinski definition) is 2. The second-order valence-corrected chi connectivity index (χ2v) is 10.0. The predicted octanol–water partition coefficient (Wildman–Crippen LogP) is 5.71. The van der Waals surface area contributed by atoms with E-state index in [-0.39, 0.29) is 17.2 Å². The summed E-state index contributed by atoms with van der Waals surface area (Å²) < 4.78 is 0. The average molecular weight is 403 g/mol. The van der Waals surface area contributed by atoms with Gasteiger partial charge in [0.25, 0.3) is 5.91 Å². The lowest BCUT2D eigenvalue weighted by molar-refractivity contribution is -0.140. The van der Waals surface area contributed by atoms with Gasteiger partial charge in [-0.25, -0.2) is 0 Å². The zero-order chi connectivity index (χ0) is 20.9. The Morgan fingerprint density at radius 3 is 2.00 bits per heavy atom. The van der Waals surface area contributed by atoms with Crippen LogP contribution in [0.15, 0.2) is 42.5 Å². The second kappa shape index (κ2) is 7.26. The second-order valence-electron chi connectivity index (χ2n) is 10.0. The van der Waals surface area contributed by atoms with Gasteiger partial charge >= 0.3 is 0 Å². The highest BCUT2D eigenvalue weighted by atomic mass is 16.2. The molecule has 2 N–H and O–H groups in total. The van der Waals surface area contributed by atoms with Crippen molar-refractivity contribution in [1.82, 2.24) is 0 Å². The normalized spacial score (nSPS) is 28.9. The summed E-state index contributed by atoms with van der Waals surface area (Å²) in [7, 11) is 0. The summed E-state index contributed by atoms with van der Waals surface area (Å²) in [5.74, 6) is 2.30. The third-order valence-electron chi connectivity index (χ3n) is 7.55. The molecular formula is C26H30N2O2. The van der Waals surface area contributed by atoms with Crippen molar-refractivity contribution in [2.75, 3.05) is 10.6 Å². The fourth-order valence-electron chi connectivity index (χ4n) is 6.51. The zero-order valence-electron chi connectivity index (χ0n) is 17.8. The standard InChI is InChI=1S/C26H30N2O2/c1-16-3-8-23(17(2)9-16)28-24(29)21-4-6-22(7-5-21)27-25(30)26-13-18-10-19(14-26)12-20(11-18)15-26/h3-9,18-20H,10-15H2,1-2H3,(H,27,30)(H,28,29). The molecule has 4 bridgehead atoms. The molecule has 4 aliphatic carbocycles. The summed E-state index contributed by atoms with van der Waals surface area (Å²) in [6.07, 6.45) is 7.16. The van der Waals surface area contributed by atoms with Gasteiger partial charge in [-0.05, 0) is 106 Å². The summed E-state index contributed by atoms with van der Waals surface area (Å²) in [6.45, 7) is 4.03. The molecule has 156 valence electrons. The Balaban J connectivity index is 1.25. The average Bonchev–Trinajstić information content (AvgIpc) is 2.69. The quantitative estimate of drug-likeness (QED) is 0.688. The first kappa shape index (κ1) is 19.3. The molecule has 4 nitrogen and oxygen atoms in total. The van der Waals surface area contributed by atoms with Crippen molar-refractivity contribution in [1.29, 1.82) is 0 Å². The van der Waals surface area contributed by atoms with Gasteiger partial charge in [-0.15, -0.1) is 0 Å². The maximum absolute atomic E-state index is 13.2. The Labute approximate surface area is 178 Å². The highest BCUT2D eigenvalue weighted by molar-refractivity contribution is 6.05. The van der Waals surface area contributed by atoms with Gasteiger partial charge in [-0.2, -0.15) is 0 Å². The van der Waals surface area contributed by atoms with E-state index < -0.39 is 0 Å². The minimum atomic E-state index is -0.159. The molecule has 0 radical (unpaired) electrons. The van der Waals surface area contributed by atoms with Crippen LogP contribution in [0.1, 0.15) is 60.0 Å². The van der Waals surface area contributed by atoms with E-state index in [1.807, 2.05) is 38.1 Å². The van der Waals surface area contributed by atoms with E-state index in [0.29, 0.717) is 5.56 Å². The molecule has 0 spiro atoms. The molecule has 0 aliphatic heterocycles. The van der Waals surface area contributed by atoms with Gasteiger partial charge in [-0.3, -0.25) is 9.59 Å². The van der Waals surface area contributed by atoms with E-state index in [1.54, 1.807) is 12.1 Å². The van der Waals surface area contributed by atoms with Crippen LogP contribution >= 0.6 is 0 Å². The molecule has 2 amide bonds. The van der Waals surface area contributed by atoms with Gasteiger partial charge in [0.1, 0.15) is 0 Å². The highest BCUT2D eigenvalue weighted by Crippen LogP contribution is 2.60. The number of benzene rings is 2. The molecule has 4 heteroatoms. The van der Waals surface area contributed by atoms with Crippen molar-refractivity contribution in [3.05, 3.63) is 59.2 Å². The van der Waals surface area contributed by atoms with Gasteiger partial charge in [-0.1, -0.05) is 17.7 Å². The van der Waals surface area contributed by atoms with Gasteiger partial charge < -0.3 is 10.6 Å². The molecular weight excluding hydrogens is 372 g/mol. The largest absolute Gasteiger partial charge is 0.326 e. The van der Waals surface area contributed by atoms with E-state index in [1.165, 1.54) is 24.8 Å². The molecule has 4 fully saturated rings. The number of hydrogen-bond donors (Lipinski definition) is 2. The lowest BCUT2D eigenvalue weighted by atomic mass is 9.49. The maximum Gasteiger partial charge on any atom is 0.255 e. The van der Waals surface area contributed by atoms with Crippen molar-refractivity contribution in [2.24, 2.45) is 23.2 Å². The fourth-order valence-corrected chi connectivity index (χ4v) is 6.51. The van der Waals surface area contributed by atoms with Crippen molar-refractivity contribution in [3.8, 4) is 0 Å². The van der Waals surface area contributed by atoms with Gasteiger partial charge in [0.05, 0.1) is 5.41 Å². The van der Waals surface area contributed by atoms with Crippen LogP contribution in [0.25, 0.3) is 0 Å². The first-order chi connectivity index (χ1) is 14.4. The lowest BCUT2D eigenvalue weighted by Crippen LogP contribution is -2.51. The number of aryl methyl sites for hydroxylation is 2. The lowest BCUT2D eigenvalue weighted by Gasteiger charge is -2.55. The SMILES string of the molecule is Cc1ccc(NC(=O)c2ccc(NC(=O)C34CC5CC(CC(C5)C3)C4)cc2)c(C)c1. The Morgan fingerprint density at radius 2 is 1.43 bits per heavy atom. The van der Waals surface area contributed by atoms with Gasteiger partial charge in [0.2, 0.25) is 5.91 Å². The van der Waals surface area contributed by atoms with Crippen LogP contribution in [0.2, 0.25) is 0 Å². The molecule has 2 aromatic rings. The van der Waals surface area contributed by atoms with Crippen LogP contribution in [0, 0.1) is 37.0 Å². The van der Waals surface area contributed by atoms with Crippen LogP contribution in [0.3, 0.4) is 0 Å². The highest BCUT2D eigenvalue weighted by Gasteiger charge is 2.54. The van der Waals surface area contributed by atoms with Crippen LogP contribution < -0.4 is 10.6 Å². The van der Waals surface area contributed by atoms with Crippen molar-refractivity contribution in [3.63, 3.8) is 0 Å². The number of carbonyl (C=O) groups excluding carboxylic acids is 2. The fraction of sp³-hybridized carbons (Fsp3) is 0.462. The third kappa shape index (κ3) is 3.53. The van der Waals surface area contributed by atoms with Crippen LogP contribution in [0.4, 0.5) is 11.4 Å². The number of carbonyl (C=O) groups is 2. The van der Waals surface area contributed by atoms with Crippen LogP contribution in [0.5, 0.6) is 0 Å². The van der Waals surface area contributed by atoms with E-state index >= 15 is 0 Å². The molecule has 4 saturated carbocycles. The Bertz CT molecular complexity index is 957. The Hall–Kier alpha value is -2.62. The minimum absolute atomic E-state index is 0.138. The van der Waals surface area contributed by atoms with E-state index in [4.69, 9.17) is 0 Å². The monoisotopic (exact) mass is 402 g/mol. The molecule has 0 saturated heterocycles. The maximum atomic E-state index is 13.2. The number of nitrogens with one attached hydrogen (secondary N) is 2. The van der Waals surface area contributed by atoms with Crippen molar-refractivity contribution >= 4 is 23.2 Å². The molecule has 2 aromatic carbocycles. The Kier molecular flexibility index (Phi) is 4.68. The van der Waals surface area contributed by atoms with Gasteiger partial charge in [0.15, 0.2) is 0 Å².